The van der Waals surface area contributed by atoms with Crippen molar-refractivity contribution in [1.82, 2.24) is 0 Å². The minimum absolute atomic E-state index is 0.368. The predicted octanol–water partition coefficient (Wildman–Crippen LogP) is 2.72. The molecule has 1 unspecified atom stereocenters. The minimum Gasteiger partial charge on any atom is -0.330 e. The molecule has 1 saturated heterocycles. The predicted molar refractivity (Wildman–Crippen MR) is 68.5 cm³/mol. The molecule has 1 aliphatic heterocycles. The van der Waals surface area contributed by atoms with E-state index < -0.39 is 0 Å². The third kappa shape index (κ3) is 2.21. The van der Waals surface area contributed by atoms with Crippen molar-refractivity contribution in [1.29, 1.82) is 0 Å². The Morgan fingerprint density at radius 3 is 2.60 bits per heavy atom. The van der Waals surface area contributed by atoms with Crippen molar-refractivity contribution in [2.24, 2.45) is 5.73 Å². The summed E-state index contributed by atoms with van der Waals surface area (Å²) in [6.45, 7) is 2.94. The van der Waals surface area contributed by atoms with Gasteiger partial charge < -0.3 is 5.73 Å². The molecule has 1 fully saturated rings. The highest BCUT2D eigenvalue weighted by Gasteiger charge is 2.35. The second-order valence-electron chi connectivity index (χ2n) is 4.49. The van der Waals surface area contributed by atoms with E-state index in [9.17, 15) is 0 Å². The quantitative estimate of drug-likeness (QED) is 0.849. The maximum Gasteiger partial charge on any atom is 0.00633 e. The molecule has 2 heteroatoms. The van der Waals surface area contributed by atoms with Crippen molar-refractivity contribution in [3.63, 3.8) is 0 Å². The topological polar surface area (TPSA) is 26.0 Å². The van der Waals surface area contributed by atoms with Gasteiger partial charge in [-0.25, -0.2) is 0 Å². The monoisotopic (exact) mass is 221 g/mol. The number of rotatable bonds is 3. The van der Waals surface area contributed by atoms with Gasteiger partial charge in [-0.05, 0) is 37.6 Å². The minimum atomic E-state index is 0.368. The summed E-state index contributed by atoms with van der Waals surface area (Å²) in [7, 11) is 0. The second kappa shape index (κ2) is 4.58. The molecule has 0 aromatic heterocycles. The number of hydrogen-bond acceptors (Lipinski definition) is 2. The molecule has 1 atom stereocenters. The SMILES string of the molecule is Cc1ccc(C2(CCN)CCSC2)cc1. The summed E-state index contributed by atoms with van der Waals surface area (Å²) in [6, 6.07) is 9.01. The molecule has 1 aliphatic rings. The lowest BCUT2D eigenvalue weighted by atomic mass is 9.77. The third-order valence-electron chi connectivity index (χ3n) is 3.39. The molecule has 15 heavy (non-hydrogen) atoms. The lowest BCUT2D eigenvalue weighted by molar-refractivity contribution is 0.452. The van der Waals surface area contributed by atoms with Gasteiger partial charge in [0.1, 0.15) is 0 Å². The van der Waals surface area contributed by atoms with Crippen LogP contribution in [0.1, 0.15) is 24.0 Å². The van der Waals surface area contributed by atoms with Gasteiger partial charge in [-0.1, -0.05) is 29.8 Å². The number of nitrogens with two attached hydrogens (primary N) is 1. The fraction of sp³-hybridized carbons (Fsp3) is 0.538. The Morgan fingerprint density at radius 2 is 2.07 bits per heavy atom. The molecule has 1 heterocycles. The van der Waals surface area contributed by atoms with Crippen molar-refractivity contribution in [3.8, 4) is 0 Å². The molecule has 1 aromatic carbocycles. The molecule has 0 saturated carbocycles. The summed E-state index contributed by atoms with van der Waals surface area (Å²) < 4.78 is 0. The first-order valence-electron chi connectivity index (χ1n) is 5.62. The summed E-state index contributed by atoms with van der Waals surface area (Å²) >= 11 is 2.06. The van der Waals surface area contributed by atoms with Gasteiger partial charge in [-0.2, -0.15) is 11.8 Å². The maximum absolute atomic E-state index is 5.75. The van der Waals surface area contributed by atoms with Gasteiger partial charge in [-0.15, -0.1) is 0 Å². The highest BCUT2D eigenvalue weighted by molar-refractivity contribution is 7.99. The lowest BCUT2D eigenvalue weighted by Crippen LogP contribution is -2.28. The molecule has 2 N–H and O–H groups in total. The largest absolute Gasteiger partial charge is 0.330 e. The van der Waals surface area contributed by atoms with Crippen molar-refractivity contribution < 1.29 is 0 Å². The van der Waals surface area contributed by atoms with Gasteiger partial charge in [-0.3, -0.25) is 0 Å². The molecule has 0 radical (unpaired) electrons. The number of aryl methyl sites for hydroxylation is 1. The Hall–Kier alpha value is -0.470. The average Bonchev–Trinajstić information content (AvgIpc) is 2.69. The van der Waals surface area contributed by atoms with E-state index >= 15 is 0 Å². The zero-order chi connectivity index (χ0) is 10.7. The van der Waals surface area contributed by atoms with E-state index in [0.717, 1.165) is 13.0 Å². The molecule has 1 nitrogen and oxygen atoms in total. The second-order valence-corrected chi connectivity index (χ2v) is 5.59. The van der Waals surface area contributed by atoms with Crippen molar-refractivity contribution >= 4 is 11.8 Å². The summed E-state index contributed by atoms with van der Waals surface area (Å²) in [5.41, 5.74) is 8.95. The molecule has 82 valence electrons. The standard InChI is InChI=1S/C13H19NS/c1-11-2-4-12(5-3-11)13(6-8-14)7-9-15-10-13/h2-5H,6-10,14H2,1H3. The van der Waals surface area contributed by atoms with Gasteiger partial charge >= 0.3 is 0 Å². The molecular weight excluding hydrogens is 202 g/mol. The Labute approximate surface area is 96.4 Å². The fourth-order valence-corrected chi connectivity index (χ4v) is 3.89. The van der Waals surface area contributed by atoms with Crippen LogP contribution in [0.15, 0.2) is 24.3 Å². The van der Waals surface area contributed by atoms with E-state index in [1.54, 1.807) is 0 Å². The summed E-state index contributed by atoms with van der Waals surface area (Å²) in [5.74, 6) is 2.53. The summed E-state index contributed by atoms with van der Waals surface area (Å²) in [5, 5.41) is 0. The summed E-state index contributed by atoms with van der Waals surface area (Å²) in [6.07, 6.45) is 2.42. The highest BCUT2D eigenvalue weighted by Crippen LogP contribution is 2.41. The molecule has 2 rings (SSSR count). The first-order chi connectivity index (χ1) is 7.27. The Morgan fingerprint density at radius 1 is 1.33 bits per heavy atom. The fourth-order valence-electron chi connectivity index (χ4n) is 2.36. The van der Waals surface area contributed by atoms with E-state index in [4.69, 9.17) is 5.73 Å². The van der Waals surface area contributed by atoms with Crippen LogP contribution in [0.25, 0.3) is 0 Å². The Kier molecular flexibility index (Phi) is 3.37. The van der Waals surface area contributed by atoms with E-state index in [1.807, 2.05) is 0 Å². The van der Waals surface area contributed by atoms with Crippen LogP contribution in [0.2, 0.25) is 0 Å². The first-order valence-corrected chi connectivity index (χ1v) is 6.77. The first kappa shape index (κ1) is 11.0. The zero-order valence-corrected chi connectivity index (χ0v) is 10.1. The van der Waals surface area contributed by atoms with Crippen LogP contribution in [0.3, 0.4) is 0 Å². The molecule has 1 aromatic rings. The van der Waals surface area contributed by atoms with Crippen molar-refractivity contribution in [3.05, 3.63) is 35.4 Å². The van der Waals surface area contributed by atoms with Gasteiger partial charge in [0.15, 0.2) is 0 Å². The van der Waals surface area contributed by atoms with Crippen LogP contribution >= 0.6 is 11.8 Å². The van der Waals surface area contributed by atoms with Crippen molar-refractivity contribution in [2.75, 3.05) is 18.1 Å². The zero-order valence-electron chi connectivity index (χ0n) is 9.33. The molecule has 0 bridgehead atoms. The summed E-state index contributed by atoms with van der Waals surface area (Å²) in [4.78, 5) is 0. The molecule has 0 spiro atoms. The Bertz CT molecular complexity index is 312. The molecule has 0 aliphatic carbocycles. The maximum atomic E-state index is 5.75. The van der Waals surface area contributed by atoms with E-state index in [0.29, 0.717) is 5.41 Å². The normalized spacial score (nSPS) is 25.7. The van der Waals surface area contributed by atoms with Crippen LogP contribution in [0.5, 0.6) is 0 Å². The van der Waals surface area contributed by atoms with Crippen LogP contribution < -0.4 is 5.73 Å². The van der Waals surface area contributed by atoms with E-state index in [2.05, 4.69) is 43.0 Å². The van der Waals surface area contributed by atoms with E-state index in [1.165, 1.54) is 29.1 Å². The number of hydrogen-bond donors (Lipinski definition) is 1. The number of thioether (sulfide) groups is 1. The van der Waals surface area contributed by atoms with Crippen LogP contribution in [-0.4, -0.2) is 18.1 Å². The van der Waals surface area contributed by atoms with Crippen LogP contribution in [0.4, 0.5) is 0 Å². The smallest absolute Gasteiger partial charge is 0.00633 e. The van der Waals surface area contributed by atoms with E-state index in [-0.39, 0.29) is 0 Å². The lowest BCUT2D eigenvalue weighted by Gasteiger charge is -2.28. The number of benzene rings is 1. The van der Waals surface area contributed by atoms with Crippen molar-refractivity contribution in [2.45, 2.75) is 25.2 Å². The molecule has 0 amide bonds. The third-order valence-corrected chi connectivity index (χ3v) is 4.64. The van der Waals surface area contributed by atoms with Crippen LogP contribution in [0, 0.1) is 6.92 Å². The van der Waals surface area contributed by atoms with Gasteiger partial charge in [0, 0.05) is 11.2 Å². The Balaban J connectivity index is 2.28. The van der Waals surface area contributed by atoms with Gasteiger partial charge in [0.2, 0.25) is 0 Å². The highest BCUT2D eigenvalue weighted by atomic mass is 32.2. The van der Waals surface area contributed by atoms with Crippen LogP contribution in [-0.2, 0) is 5.41 Å². The van der Waals surface area contributed by atoms with Gasteiger partial charge in [0.05, 0.1) is 0 Å². The average molecular weight is 221 g/mol. The van der Waals surface area contributed by atoms with Gasteiger partial charge in [0.25, 0.3) is 0 Å². The molecular formula is C13H19NS.